The molecule has 0 saturated heterocycles. The Bertz CT molecular complexity index is 169. The summed E-state index contributed by atoms with van der Waals surface area (Å²) in [6.07, 6.45) is 2.65. The average molecular weight is 253 g/mol. The van der Waals surface area contributed by atoms with Crippen molar-refractivity contribution in [3.05, 3.63) is 0 Å². The van der Waals surface area contributed by atoms with Gasteiger partial charge in [-0.3, -0.25) is 0 Å². The highest BCUT2D eigenvalue weighted by atomic mass is 19.4. The van der Waals surface area contributed by atoms with Crippen molar-refractivity contribution in [2.45, 2.75) is 77.4 Å². The highest BCUT2D eigenvalue weighted by Crippen LogP contribution is 2.23. The maximum Gasteiger partial charge on any atom is 0.390 e. The van der Waals surface area contributed by atoms with Crippen molar-refractivity contribution in [1.82, 2.24) is 5.32 Å². The lowest BCUT2D eigenvalue weighted by Gasteiger charge is -2.19. The fraction of sp³-hybridized carbons (Fsp3) is 1.00. The quantitative estimate of drug-likeness (QED) is 0.558. The average Bonchev–Trinajstić information content (AvgIpc) is 2.21. The molecule has 0 aromatic heterocycles. The Balaban J connectivity index is 3.63. The van der Waals surface area contributed by atoms with E-state index in [4.69, 9.17) is 0 Å². The van der Waals surface area contributed by atoms with Crippen molar-refractivity contribution in [2.75, 3.05) is 6.54 Å². The van der Waals surface area contributed by atoms with Crippen LogP contribution in [0.3, 0.4) is 0 Å². The molecule has 0 aromatic rings. The minimum atomic E-state index is -4.05. The predicted molar refractivity (Wildman–Crippen MR) is 66.1 cm³/mol. The number of unbranched alkanes of at least 4 members (excludes halogenated alkanes) is 5. The van der Waals surface area contributed by atoms with Crippen molar-refractivity contribution < 1.29 is 13.2 Å². The van der Waals surface area contributed by atoms with E-state index in [2.05, 4.69) is 12.2 Å². The molecule has 0 rings (SSSR count). The van der Waals surface area contributed by atoms with Crippen LogP contribution in [-0.2, 0) is 0 Å². The fourth-order valence-electron chi connectivity index (χ4n) is 2.02. The maximum atomic E-state index is 12.3. The molecule has 0 aliphatic rings. The van der Waals surface area contributed by atoms with E-state index < -0.39 is 18.6 Å². The molecule has 17 heavy (non-hydrogen) atoms. The van der Waals surface area contributed by atoms with Crippen LogP contribution in [0.4, 0.5) is 13.2 Å². The Morgan fingerprint density at radius 3 is 2.06 bits per heavy atom. The standard InChI is InChI=1S/C13H26F3N/c1-3-5-6-7-8-9-10-12(17-4-2)11-13(14,15)16/h12,17H,3-11H2,1-2H3. The molecule has 1 nitrogen and oxygen atoms in total. The molecule has 4 heteroatoms. The van der Waals surface area contributed by atoms with Crippen LogP contribution in [0, 0.1) is 0 Å². The van der Waals surface area contributed by atoms with E-state index >= 15 is 0 Å². The van der Waals surface area contributed by atoms with Crippen LogP contribution in [0.2, 0.25) is 0 Å². The van der Waals surface area contributed by atoms with Crippen molar-refractivity contribution in [1.29, 1.82) is 0 Å². The number of halogens is 3. The smallest absolute Gasteiger partial charge is 0.314 e. The zero-order chi connectivity index (χ0) is 13.1. The van der Waals surface area contributed by atoms with E-state index in [1.807, 2.05) is 6.92 Å². The highest BCUT2D eigenvalue weighted by Gasteiger charge is 2.31. The Hall–Kier alpha value is -0.250. The monoisotopic (exact) mass is 253 g/mol. The van der Waals surface area contributed by atoms with Crippen molar-refractivity contribution in [3.8, 4) is 0 Å². The Morgan fingerprint density at radius 1 is 0.941 bits per heavy atom. The molecule has 0 aliphatic carbocycles. The van der Waals surface area contributed by atoms with Crippen LogP contribution < -0.4 is 5.32 Å². The van der Waals surface area contributed by atoms with E-state index in [1.165, 1.54) is 19.3 Å². The zero-order valence-corrected chi connectivity index (χ0v) is 11.1. The number of hydrogen-bond donors (Lipinski definition) is 1. The molecule has 0 aliphatic heterocycles. The first-order valence-electron chi connectivity index (χ1n) is 6.79. The maximum absolute atomic E-state index is 12.3. The minimum absolute atomic E-state index is 0.397. The number of hydrogen-bond acceptors (Lipinski definition) is 1. The Labute approximate surface area is 103 Å². The lowest BCUT2D eigenvalue weighted by atomic mass is 10.0. The lowest BCUT2D eigenvalue weighted by Crippen LogP contribution is -2.33. The van der Waals surface area contributed by atoms with E-state index in [-0.39, 0.29) is 0 Å². The molecule has 0 spiro atoms. The van der Waals surface area contributed by atoms with Gasteiger partial charge in [0.2, 0.25) is 0 Å². The van der Waals surface area contributed by atoms with Crippen LogP contribution in [0.25, 0.3) is 0 Å². The molecule has 0 bridgehead atoms. The topological polar surface area (TPSA) is 12.0 Å². The number of alkyl halides is 3. The predicted octanol–water partition coefficient (Wildman–Crippen LogP) is 4.67. The SMILES string of the molecule is CCCCCCCCC(CC(F)(F)F)NCC. The van der Waals surface area contributed by atoms with Gasteiger partial charge in [-0.2, -0.15) is 13.2 Å². The molecule has 1 unspecified atom stereocenters. The van der Waals surface area contributed by atoms with E-state index in [9.17, 15) is 13.2 Å². The van der Waals surface area contributed by atoms with Gasteiger partial charge >= 0.3 is 6.18 Å². The van der Waals surface area contributed by atoms with Crippen LogP contribution in [0.1, 0.15) is 65.2 Å². The molecule has 1 atom stereocenters. The van der Waals surface area contributed by atoms with Crippen molar-refractivity contribution >= 4 is 0 Å². The van der Waals surface area contributed by atoms with Crippen molar-refractivity contribution in [2.24, 2.45) is 0 Å². The van der Waals surface area contributed by atoms with Gasteiger partial charge in [0.05, 0.1) is 6.42 Å². The summed E-state index contributed by atoms with van der Waals surface area (Å²) in [6.45, 7) is 4.62. The molecular formula is C13H26F3N. The second kappa shape index (κ2) is 9.75. The first-order valence-corrected chi connectivity index (χ1v) is 6.79. The largest absolute Gasteiger partial charge is 0.390 e. The molecule has 0 heterocycles. The summed E-state index contributed by atoms with van der Waals surface area (Å²) in [4.78, 5) is 0. The third kappa shape index (κ3) is 12.0. The summed E-state index contributed by atoms with van der Waals surface area (Å²) in [5.74, 6) is 0. The summed E-state index contributed by atoms with van der Waals surface area (Å²) >= 11 is 0. The minimum Gasteiger partial charge on any atom is -0.314 e. The molecule has 0 fully saturated rings. The van der Waals surface area contributed by atoms with Crippen LogP contribution in [0.5, 0.6) is 0 Å². The van der Waals surface area contributed by atoms with Gasteiger partial charge in [-0.05, 0) is 13.0 Å². The normalized spacial score (nSPS) is 13.9. The lowest BCUT2D eigenvalue weighted by molar-refractivity contribution is -0.140. The highest BCUT2D eigenvalue weighted by molar-refractivity contribution is 4.70. The summed E-state index contributed by atoms with van der Waals surface area (Å²) in [6, 6.07) is -0.397. The molecular weight excluding hydrogens is 227 g/mol. The molecule has 104 valence electrons. The summed E-state index contributed by atoms with van der Waals surface area (Å²) in [5, 5.41) is 2.92. The van der Waals surface area contributed by atoms with Crippen LogP contribution in [0.15, 0.2) is 0 Å². The first-order chi connectivity index (χ1) is 7.99. The van der Waals surface area contributed by atoms with Crippen LogP contribution in [-0.4, -0.2) is 18.8 Å². The molecule has 0 aromatic carbocycles. The van der Waals surface area contributed by atoms with Gasteiger partial charge in [-0.25, -0.2) is 0 Å². The summed E-state index contributed by atoms with van der Waals surface area (Å²) in [7, 11) is 0. The Morgan fingerprint density at radius 2 is 1.53 bits per heavy atom. The second-order valence-corrected chi connectivity index (χ2v) is 4.63. The van der Waals surface area contributed by atoms with Gasteiger partial charge in [0.1, 0.15) is 0 Å². The van der Waals surface area contributed by atoms with Gasteiger partial charge in [-0.15, -0.1) is 0 Å². The number of rotatable bonds is 10. The van der Waals surface area contributed by atoms with E-state index in [0.29, 0.717) is 13.0 Å². The summed E-state index contributed by atoms with van der Waals surface area (Å²) < 4.78 is 36.8. The third-order valence-electron chi connectivity index (χ3n) is 2.88. The fourth-order valence-corrected chi connectivity index (χ4v) is 2.02. The zero-order valence-electron chi connectivity index (χ0n) is 11.1. The Kier molecular flexibility index (Phi) is 9.60. The van der Waals surface area contributed by atoms with Crippen LogP contribution >= 0.6 is 0 Å². The van der Waals surface area contributed by atoms with Gasteiger partial charge in [0.15, 0.2) is 0 Å². The van der Waals surface area contributed by atoms with Gasteiger partial charge in [-0.1, -0.05) is 52.4 Å². The van der Waals surface area contributed by atoms with Crippen molar-refractivity contribution in [3.63, 3.8) is 0 Å². The van der Waals surface area contributed by atoms with E-state index in [0.717, 1.165) is 19.3 Å². The third-order valence-corrected chi connectivity index (χ3v) is 2.88. The second-order valence-electron chi connectivity index (χ2n) is 4.63. The molecule has 0 amide bonds. The summed E-state index contributed by atoms with van der Waals surface area (Å²) in [5.41, 5.74) is 0. The van der Waals surface area contributed by atoms with E-state index in [1.54, 1.807) is 0 Å². The molecule has 0 saturated carbocycles. The molecule has 1 N–H and O–H groups in total. The first kappa shape index (κ1) is 16.8. The molecule has 0 radical (unpaired) electrons. The van der Waals surface area contributed by atoms with Gasteiger partial charge in [0, 0.05) is 6.04 Å². The number of nitrogens with one attached hydrogen (secondary N) is 1. The van der Waals surface area contributed by atoms with Gasteiger partial charge < -0.3 is 5.32 Å². The van der Waals surface area contributed by atoms with Gasteiger partial charge in [0.25, 0.3) is 0 Å².